The number of aromatic nitrogens is 2. The van der Waals surface area contributed by atoms with Gasteiger partial charge in [-0.3, -0.25) is 0 Å². The van der Waals surface area contributed by atoms with E-state index in [0.29, 0.717) is 6.04 Å². The van der Waals surface area contributed by atoms with Gasteiger partial charge >= 0.3 is 0 Å². The number of nitrogens with zero attached hydrogens (tertiary/aromatic N) is 2. The van der Waals surface area contributed by atoms with Crippen LogP contribution in [0.15, 0.2) is 12.3 Å². The van der Waals surface area contributed by atoms with Crippen molar-refractivity contribution >= 4 is 11.8 Å². The fraction of sp³-hybridized carbons (Fsp3) is 0.600. The normalized spacial score (nSPS) is 16.9. The third-order valence-electron chi connectivity index (χ3n) is 2.60. The summed E-state index contributed by atoms with van der Waals surface area (Å²) in [7, 11) is 1.86. The average Bonchev–Trinajstić information content (AvgIpc) is 2.71. The molecule has 0 saturated heterocycles. The molecule has 14 heavy (non-hydrogen) atoms. The van der Waals surface area contributed by atoms with Crippen molar-refractivity contribution in [3.8, 4) is 0 Å². The zero-order valence-electron chi connectivity index (χ0n) is 8.45. The molecule has 0 aromatic carbocycles. The molecule has 2 rings (SSSR count). The Balaban J connectivity index is 2.00. The van der Waals surface area contributed by atoms with Crippen molar-refractivity contribution in [1.82, 2.24) is 9.97 Å². The quantitative estimate of drug-likeness (QED) is 0.767. The van der Waals surface area contributed by atoms with Crippen LogP contribution in [0.5, 0.6) is 0 Å². The summed E-state index contributed by atoms with van der Waals surface area (Å²) in [5.41, 5.74) is 0. The molecule has 1 aromatic heterocycles. The van der Waals surface area contributed by atoms with Crippen LogP contribution in [-0.2, 0) is 0 Å². The van der Waals surface area contributed by atoms with Gasteiger partial charge in [-0.05, 0) is 18.9 Å². The number of nitrogens with one attached hydrogen (secondary N) is 2. The van der Waals surface area contributed by atoms with Crippen LogP contribution in [0.3, 0.4) is 0 Å². The molecule has 1 saturated carbocycles. The topological polar surface area (TPSA) is 49.8 Å². The smallest absolute Gasteiger partial charge is 0.224 e. The van der Waals surface area contributed by atoms with E-state index in [1.165, 1.54) is 25.7 Å². The summed E-state index contributed by atoms with van der Waals surface area (Å²) in [5.74, 6) is 1.60. The lowest BCUT2D eigenvalue weighted by Crippen LogP contribution is -2.16. The van der Waals surface area contributed by atoms with Gasteiger partial charge < -0.3 is 10.6 Å². The van der Waals surface area contributed by atoms with Gasteiger partial charge in [0, 0.05) is 19.3 Å². The number of hydrogen-bond acceptors (Lipinski definition) is 4. The lowest BCUT2D eigenvalue weighted by atomic mass is 10.2. The molecule has 2 N–H and O–H groups in total. The van der Waals surface area contributed by atoms with Gasteiger partial charge in [0.05, 0.1) is 0 Å². The molecule has 1 aromatic rings. The molecule has 0 spiro atoms. The third-order valence-corrected chi connectivity index (χ3v) is 2.60. The molecule has 0 unspecified atom stereocenters. The van der Waals surface area contributed by atoms with Gasteiger partial charge in [0.15, 0.2) is 0 Å². The van der Waals surface area contributed by atoms with Gasteiger partial charge in [-0.1, -0.05) is 12.8 Å². The molecule has 0 atom stereocenters. The monoisotopic (exact) mass is 192 g/mol. The van der Waals surface area contributed by atoms with Crippen molar-refractivity contribution in [3.05, 3.63) is 12.3 Å². The van der Waals surface area contributed by atoms with Crippen molar-refractivity contribution in [3.63, 3.8) is 0 Å². The van der Waals surface area contributed by atoms with Crippen LogP contribution in [0.4, 0.5) is 11.8 Å². The second-order valence-electron chi connectivity index (χ2n) is 3.64. The van der Waals surface area contributed by atoms with Crippen LogP contribution < -0.4 is 10.6 Å². The zero-order valence-corrected chi connectivity index (χ0v) is 8.45. The first kappa shape index (κ1) is 9.24. The average molecular weight is 192 g/mol. The molecule has 0 aliphatic heterocycles. The predicted octanol–water partition coefficient (Wildman–Crippen LogP) is 1.87. The van der Waals surface area contributed by atoms with Gasteiger partial charge in [0.2, 0.25) is 5.95 Å². The van der Waals surface area contributed by atoms with Crippen LogP contribution in [-0.4, -0.2) is 23.1 Å². The van der Waals surface area contributed by atoms with Crippen LogP contribution in [0.2, 0.25) is 0 Å². The van der Waals surface area contributed by atoms with Crippen molar-refractivity contribution in [1.29, 1.82) is 0 Å². The second kappa shape index (κ2) is 4.26. The van der Waals surface area contributed by atoms with Gasteiger partial charge in [0.25, 0.3) is 0 Å². The molecule has 1 heterocycles. The number of anilines is 2. The van der Waals surface area contributed by atoms with E-state index in [0.717, 1.165) is 11.8 Å². The van der Waals surface area contributed by atoms with Crippen molar-refractivity contribution in [2.75, 3.05) is 17.7 Å². The Morgan fingerprint density at radius 3 is 2.86 bits per heavy atom. The minimum atomic E-state index is 0.571. The Bertz CT molecular complexity index is 294. The molecular weight excluding hydrogens is 176 g/mol. The first-order valence-electron chi connectivity index (χ1n) is 5.16. The highest BCUT2D eigenvalue weighted by Gasteiger charge is 2.15. The summed E-state index contributed by atoms with van der Waals surface area (Å²) in [4.78, 5) is 8.51. The Hall–Kier alpha value is -1.32. The minimum absolute atomic E-state index is 0.571. The lowest BCUT2D eigenvalue weighted by Gasteiger charge is -2.11. The van der Waals surface area contributed by atoms with Gasteiger partial charge in [-0.25, -0.2) is 4.98 Å². The van der Waals surface area contributed by atoms with E-state index in [9.17, 15) is 0 Å². The molecule has 0 bridgehead atoms. The van der Waals surface area contributed by atoms with E-state index in [1.54, 1.807) is 6.20 Å². The standard InChI is InChI=1S/C10H16N4/c1-11-9-6-7-12-10(14-9)13-8-4-2-3-5-8/h6-8H,2-5H2,1H3,(H2,11,12,13,14). The molecule has 1 aliphatic rings. The van der Waals surface area contributed by atoms with E-state index >= 15 is 0 Å². The first-order valence-corrected chi connectivity index (χ1v) is 5.16. The highest BCUT2D eigenvalue weighted by molar-refractivity contribution is 5.39. The van der Waals surface area contributed by atoms with Gasteiger partial charge in [-0.15, -0.1) is 0 Å². The summed E-state index contributed by atoms with van der Waals surface area (Å²) in [6.07, 6.45) is 6.91. The highest BCUT2D eigenvalue weighted by atomic mass is 15.1. The summed E-state index contributed by atoms with van der Waals surface area (Å²) in [6, 6.07) is 2.43. The molecule has 0 radical (unpaired) electrons. The summed E-state index contributed by atoms with van der Waals surface area (Å²) < 4.78 is 0. The highest BCUT2D eigenvalue weighted by Crippen LogP contribution is 2.20. The fourth-order valence-corrected chi connectivity index (χ4v) is 1.82. The molecular formula is C10H16N4. The van der Waals surface area contributed by atoms with E-state index in [-0.39, 0.29) is 0 Å². The van der Waals surface area contributed by atoms with Crippen molar-refractivity contribution < 1.29 is 0 Å². The summed E-state index contributed by atoms with van der Waals surface area (Å²) >= 11 is 0. The van der Waals surface area contributed by atoms with E-state index in [1.807, 2.05) is 13.1 Å². The molecule has 0 amide bonds. The van der Waals surface area contributed by atoms with Crippen LogP contribution in [0.1, 0.15) is 25.7 Å². The van der Waals surface area contributed by atoms with Crippen molar-refractivity contribution in [2.45, 2.75) is 31.7 Å². The predicted molar refractivity (Wildman–Crippen MR) is 57.5 cm³/mol. The van der Waals surface area contributed by atoms with Crippen LogP contribution in [0.25, 0.3) is 0 Å². The fourth-order valence-electron chi connectivity index (χ4n) is 1.82. The van der Waals surface area contributed by atoms with Crippen molar-refractivity contribution in [2.24, 2.45) is 0 Å². The minimum Gasteiger partial charge on any atom is -0.373 e. The molecule has 76 valence electrons. The third kappa shape index (κ3) is 2.13. The molecule has 1 fully saturated rings. The largest absolute Gasteiger partial charge is 0.373 e. The summed E-state index contributed by atoms with van der Waals surface area (Å²) in [5, 5.41) is 6.35. The van der Waals surface area contributed by atoms with Gasteiger partial charge in [-0.2, -0.15) is 4.98 Å². The lowest BCUT2D eigenvalue weighted by molar-refractivity contribution is 0.744. The SMILES string of the molecule is CNc1ccnc(NC2CCCC2)n1. The van der Waals surface area contributed by atoms with Gasteiger partial charge in [0.1, 0.15) is 5.82 Å². The second-order valence-corrected chi connectivity index (χ2v) is 3.64. The number of hydrogen-bond donors (Lipinski definition) is 2. The maximum atomic E-state index is 4.32. The Labute approximate surface area is 84.2 Å². The maximum Gasteiger partial charge on any atom is 0.224 e. The summed E-state index contributed by atoms with van der Waals surface area (Å²) in [6.45, 7) is 0. The van der Waals surface area contributed by atoms with Crippen LogP contribution in [0, 0.1) is 0 Å². The van der Waals surface area contributed by atoms with E-state index in [2.05, 4.69) is 20.6 Å². The molecule has 4 heteroatoms. The maximum absolute atomic E-state index is 4.32. The first-order chi connectivity index (χ1) is 6.88. The number of rotatable bonds is 3. The Morgan fingerprint density at radius 2 is 2.14 bits per heavy atom. The van der Waals surface area contributed by atoms with E-state index in [4.69, 9.17) is 0 Å². The van der Waals surface area contributed by atoms with Crippen LogP contribution >= 0.6 is 0 Å². The molecule has 4 nitrogen and oxygen atoms in total. The Morgan fingerprint density at radius 1 is 1.36 bits per heavy atom. The molecule has 1 aliphatic carbocycles. The zero-order chi connectivity index (χ0) is 9.80. The Kier molecular flexibility index (Phi) is 2.81. The van der Waals surface area contributed by atoms with E-state index < -0.39 is 0 Å².